The van der Waals surface area contributed by atoms with Crippen LogP contribution in [0.1, 0.15) is 50.3 Å². The Labute approximate surface area is 138 Å². The van der Waals surface area contributed by atoms with Crippen LogP contribution >= 0.6 is 0 Å². The number of carbonyl (C=O) groups excluding carboxylic acids is 1. The first-order valence-electron chi connectivity index (χ1n) is 8.15. The summed E-state index contributed by atoms with van der Waals surface area (Å²) in [5.74, 6) is 0.339. The number of amides is 1. The van der Waals surface area contributed by atoms with Gasteiger partial charge in [-0.25, -0.2) is 4.79 Å². The Balaban J connectivity index is 2.02. The average Bonchev–Trinajstić information content (AvgIpc) is 3.29. The smallest absolute Gasteiger partial charge is 0.416 e. The number of ether oxygens (including phenoxy) is 1. The molecule has 2 aliphatic rings. The average molecular weight is 342 g/mol. The van der Waals surface area contributed by atoms with Crippen LogP contribution in [-0.2, 0) is 10.9 Å². The standard InChI is InChI=1S/C17H21F3N2O2/c1-9(2)24-16(23)22-14-6-5-11(17(18,19)20)7-12(14)13(21)8-15(22)10-3-4-10/h5-7,9-10,13,15H,3-4,8,21H2,1-2H3/t13-,15-/m1/s1. The highest BCUT2D eigenvalue weighted by Crippen LogP contribution is 2.47. The molecule has 0 saturated heterocycles. The summed E-state index contributed by atoms with van der Waals surface area (Å²) in [4.78, 5) is 14.1. The van der Waals surface area contributed by atoms with E-state index in [1.54, 1.807) is 13.8 Å². The highest BCUT2D eigenvalue weighted by molar-refractivity contribution is 5.90. The number of halogens is 3. The molecule has 132 valence electrons. The van der Waals surface area contributed by atoms with Crippen LogP contribution in [0.3, 0.4) is 0 Å². The van der Waals surface area contributed by atoms with Gasteiger partial charge in [-0.1, -0.05) is 0 Å². The van der Waals surface area contributed by atoms with Gasteiger partial charge in [0.2, 0.25) is 0 Å². The van der Waals surface area contributed by atoms with Gasteiger partial charge in [-0.3, -0.25) is 4.90 Å². The lowest BCUT2D eigenvalue weighted by Gasteiger charge is -2.40. The molecule has 0 radical (unpaired) electrons. The summed E-state index contributed by atoms with van der Waals surface area (Å²) in [5, 5.41) is 0. The van der Waals surface area contributed by atoms with E-state index in [4.69, 9.17) is 10.5 Å². The van der Waals surface area contributed by atoms with Gasteiger partial charge < -0.3 is 10.5 Å². The molecule has 1 heterocycles. The third kappa shape index (κ3) is 3.22. The van der Waals surface area contributed by atoms with Gasteiger partial charge in [0.15, 0.2) is 0 Å². The third-order valence-corrected chi connectivity index (χ3v) is 4.54. The molecule has 1 aromatic carbocycles. The molecule has 0 unspecified atom stereocenters. The normalized spacial score (nSPS) is 24.0. The lowest BCUT2D eigenvalue weighted by Crippen LogP contribution is -2.48. The molecule has 7 heteroatoms. The second kappa shape index (κ2) is 5.95. The summed E-state index contributed by atoms with van der Waals surface area (Å²) in [5.41, 5.74) is 6.16. The van der Waals surface area contributed by atoms with E-state index in [0.717, 1.165) is 25.0 Å². The summed E-state index contributed by atoms with van der Waals surface area (Å²) in [6.45, 7) is 3.49. The minimum Gasteiger partial charge on any atom is -0.446 e. The number of hydrogen-bond donors (Lipinski definition) is 1. The van der Waals surface area contributed by atoms with Crippen molar-refractivity contribution < 1.29 is 22.7 Å². The van der Waals surface area contributed by atoms with Gasteiger partial charge in [0.05, 0.1) is 17.4 Å². The summed E-state index contributed by atoms with van der Waals surface area (Å²) in [6.07, 6.45) is -2.81. The van der Waals surface area contributed by atoms with Gasteiger partial charge in [0.1, 0.15) is 0 Å². The molecule has 24 heavy (non-hydrogen) atoms. The topological polar surface area (TPSA) is 55.6 Å². The number of alkyl halides is 3. The van der Waals surface area contributed by atoms with Crippen LogP contribution < -0.4 is 10.6 Å². The zero-order valence-corrected chi connectivity index (χ0v) is 13.6. The minimum atomic E-state index is -4.44. The van der Waals surface area contributed by atoms with Crippen molar-refractivity contribution in [2.24, 2.45) is 11.7 Å². The number of fused-ring (bicyclic) bond motifs is 1. The maximum absolute atomic E-state index is 13.0. The van der Waals surface area contributed by atoms with Crippen LogP contribution in [0.2, 0.25) is 0 Å². The number of rotatable bonds is 2. The third-order valence-electron chi connectivity index (χ3n) is 4.54. The van der Waals surface area contributed by atoms with Crippen LogP contribution in [0.25, 0.3) is 0 Å². The first kappa shape index (κ1) is 17.1. The minimum absolute atomic E-state index is 0.115. The molecule has 1 aliphatic carbocycles. The molecule has 1 amide bonds. The van der Waals surface area contributed by atoms with Crippen LogP contribution in [-0.4, -0.2) is 18.2 Å². The van der Waals surface area contributed by atoms with Crippen molar-refractivity contribution in [2.75, 3.05) is 4.90 Å². The van der Waals surface area contributed by atoms with Crippen molar-refractivity contribution in [2.45, 2.75) is 57.5 Å². The molecular formula is C17H21F3N2O2. The van der Waals surface area contributed by atoms with E-state index in [1.807, 2.05) is 0 Å². The molecule has 0 spiro atoms. The van der Waals surface area contributed by atoms with Crippen molar-refractivity contribution in [3.05, 3.63) is 29.3 Å². The van der Waals surface area contributed by atoms with Gasteiger partial charge in [0, 0.05) is 12.1 Å². The SMILES string of the molecule is CC(C)OC(=O)N1c2ccc(C(F)(F)F)cc2[C@H](N)C[C@@H]1C1CC1. The monoisotopic (exact) mass is 342 g/mol. The van der Waals surface area contributed by atoms with E-state index in [-0.39, 0.29) is 12.1 Å². The Hall–Kier alpha value is -1.76. The first-order valence-corrected chi connectivity index (χ1v) is 8.15. The van der Waals surface area contributed by atoms with E-state index >= 15 is 0 Å². The molecule has 3 rings (SSSR count). The Kier molecular flexibility index (Phi) is 4.23. The highest BCUT2D eigenvalue weighted by atomic mass is 19.4. The maximum atomic E-state index is 13.0. The lowest BCUT2D eigenvalue weighted by atomic mass is 9.88. The summed E-state index contributed by atoms with van der Waals surface area (Å²) >= 11 is 0. The van der Waals surface area contributed by atoms with Crippen LogP contribution in [0.15, 0.2) is 18.2 Å². The number of nitrogens with zero attached hydrogens (tertiary/aromatic N) is 1. The zero-order chi connectivity index (χ0) is 17.6. The van der Waals surface area contributed by atoms with Crippen molar-refractivity contribution >= 4 is 11.8 Å². The first-order chi connectivity index (χ1) is 11.2. The van der Waals surface area contributed by atoms with Crippen LogP contribution in [0.4, 0.5) is 23.7 Å². The van der Waals surface area contributed by atoms with Crippen molar-refractivity contribution in [1.82, 2.24) is 0 Å². The van der Waals surface area contributed by atoms with E-state index in [0.29, 0.717) is 23.6 Å². The fourth-order valence-corrected chi connectivity index (χ4v) is 3.29. The van der Waals surface area contributed by atoms with Crippen molar-refractivity contribution in [3.63, 3.8) is 0 Å². The van der Waals surface area contributed by atoms with Gasteiger partial charge in [-0.2, -0.15) is 13.2 Å². The van der Waals surface area contributed by atoms with Crippen LogP contribution in [0, 0.1) is 5.92 Å². The number of nitrogens with two attached hydrogens (primary N) is 1. The van der Waals surface area contributed by atoms with Crippen LogP contribution in [0.5, 0.6) is 0 Å². The van der Waals surface area contributed by atoms with E-state index in [1.165, 1.54) is 11.0 Å². The predicted molar refractivity (Wildman–Crippen MR) is 83.6 cm³/mol. The van der Waals surface area contributed by atoms with Crippen molar-refractivity contribution in [1.29, 1.82) is 0 Å². The second-order valence-corrected chi connectivity index (χ2v) is 6.82. The molecule has 0 aromatic heterocycles. The molecule has 1 aliphatic heterocycles. The molecule has 4 nitrogen and oxygen atoms in total. The van der Waals surface area contributed by atoms with Gasteiger partial charge in [-0.15, -0.1) is 0 Å². The molecule has 1 fully saturated rings. The largest absolute Gasteiger partial charge is 0.446 e. The Morgan fingerprint density at radius 3 is 2.54 bits per heavy atom. The molecule has 0 bridgehead atoms. The number of anilines is 1. The Bertz CT molecular complexity index is 641. The number of carbonyl (C=O) groups is 1. The molecule has 2 N–H and O–H groups in total. The quantitative estimate of drug-likeness (QED) is 0.875. The Morgan fingerprint density at radius 1 is 1.33 bits per heavy atom. The fraction of sp³-hybridized carbons (Fsp3) is 0.588. The predicted octanol–water partition coefficient (Wildman–Crippen LogP) is 4.24. The van der Waals surface area contributed by atoms with E-state index < -0.39 is 23.9 Å². The summed E-state index contributed by atoms with van der Waals surface area (Å²) in [6, 6.07) is 2.76. The maximum Gasteiger partial charge on any atom is 0.416 e. The molecule has 1 aromatic rings. The number of hydrogen-bond acceptors (Lipinski definition) is 3. The van der Waals surface area contributed by atoms with Crippen molar-refractivity contribution in [3.8, 4) is 0 Å². The van der Waals surface area contributed by atoms with E-state index in [9.17, 15) is 18.0 Å². The Morgan fingerprint density at radius 2 is 2.00 bits per heavy atom. The molecular weight excluding hydrogens is 321 g/mol. The summed E-state index contributed by atoms with van der Waals surface area (Å²) in [7, 11) is 0. The number of benzene rings is 1. The lowest BCUT2D eigenvalue weighted by molar-refractivity contribution is -0.137. The van der Waals surface area contributed by atoms with E-state index in [2.05, 4.69) is 0 Å². The summed E-state index contributed by atoms with van der Waals surface area (Å²) < 4.78 is 44.3. The van der Waals surface area contributed by atoms with Gasteiger partial charge >= 0.3 is 12.3 Å². The van der Waals surface area contributed by atoms with Gasteiger partial charge in [-0.05, 0) is 62.8 Å². The zero-order valence-electron chi connectivity index (χ0n) is 13.6. The second-order valence-electron chi connectivity index (χ2n) is 6.82. The molecule has 2 atom stereocenters. The molecule has 1 saturated carbocycles. The highest BCUT2D eigenvalue weighted by Gasteiger charge is 2.44. The van der Waals surface area contributed by atoms with Gasteiger partial charge in [0.25, 0.3) is 0 Å². The fourth-order valence-electron chi connectivity index (χ4n) is 3.29.